The molecule has 22 heavy (non-hydrogen) atoms. The van der Waals surface area contributed by atoms with Crippen molar-refractivity contribution in [2.45, 2.75) is 13.5 Å². The van der Waals surface area contributed by atoms with Gasteiger partial charge in [-0.1, -0.05) is 30.3 Å². The molecule has 0 bridgehead atoms. The van der Waals surface area contributed by atoms with Crippen LogP contribution in [0.5, 0.6) is 0 Å². The van der Waals surface area contributed by atoms with E-state index in [1.54, 1.807) is 12.1 Å². The van der Waals surface area contributed by atoms with Gasteiger partial charge in [0.25, 0.3) is 0 Å². The summed E-state index contributed by atoms with van der Waals surface area (Å²) < 4.78 is 15.2. The standard InChI is InChI=1S/C18H18FN3/c1-14-20-10-12-22(14)13-11-21-18-5-3-2-4-17(18)15-6-8-16(19)9-7-15/h2-10,12,21H,11,13H2,1H3. The molecule has 0 aliphatic heterocycles. The minimum atomic E-state index is -0.218. The summed E-state index contributed by atoms with van der Waals surface area (Å²) in [5.41, 5.74) is 3.13. The monoisotopic (exact) mass is 295 g/mol. The molecule has 1 N–H and O–H groups in total. The van der Waals surface area contributed by atoms with Gasteiger partial charge < -0.3 is 9.88 Å². The Labute approximate surface area is 129 Å². The second kappa shape index (κ2) is 6.43. The Morgan fingerprint density at radius 3 is 2.59 bits per heavy atom. The van der Waals surface area contributed by atoms with Crippen LogP contribution in [0.4, 0.5) is 10.1 Å². The van der Waals surface area contributed by atoms with E-state index in [4.69, 9.17) is 0 Å². The van der Waals surface area contributed by atoms with E-state index >= 15 is 0 Å². The molecule has 0 amide bonds. The van der Waals surface area contributed by atoms with Crippen molar-refractivity contribution in [1.29, 1.82) is 0 Å². The summed E-state index contributed by atoms with van der Waals surface area (Å²) in [5.74, 6) is 0.790. The maximum atomic E-state index is 13.1. The van der Waals surface area contributed by atoms with E-state index in [0.717, 1.165) is 35.7 Å². The summed E-state index contributed by atoms with van der Waals surface area (Å²) in [5, 5.41) is 3.45. The van der Waals surface area contributed by atoms with Gasteiger partial charge in [0, 0.05) is 36.7 Å². The Morgan fingerprint density at radius 2 is 1.86 bits per heavy atom. The molecule has 0 saturated carbocycles. The highest BCUT2D eigenvalue weighted by atomic mass is 19.1. The number of hydrogen-bond donors (Lipinski definition) is 1. The molecule has 0 atom stereocenters. The van der Waals surface area contributed by atoms with Crippen molar-refractivity contribution >= 4 is 5.69 Å². The van der Waals surface area contributed by atoms with Gasteiger partial charge in [-0.2, -0.15) is 0 Å². The van der Waals surface area contributed by atoms with Gasteiger partial charge in [-0.3, -0.25) is 0 Å². The topological polar surface area (TPSA) is 29.9 Å². The van der Waals surface area contributed by atoms with E-state index in [1.807, 2.05) is 43.6 Å². The maximum absolute atomic E-state index is 13.1. The fourth-order valence-corrected chi connectivity index (χ4v) is 2.47. The molecule has 0 radical (unpaired) electrons. The summed E-state index contributed by atoms with van der Waals surface area (Å²) in [6.45, 7) is 3.64. The first kappa shape index (κ1) is 14.3. The number of aryl methyl sites for hydroxylation is 1. The molecule has 0 unspecified atom stereocenters. The average molecular weight is 295 g/mol. The summed E-state index contributed by atoms with van der Waals surface area (Å²) in [6, 6.07) is 14.6. The third-order valence-corrected chi connectivity index (χ3v) is 3.67. The quantitative estimate of drug-likeness (QED) is 0.767. The highest BCUT2D eigenvalue weighted by molar-refractivity contribution is 5.77. The number of hydrogen-bond acceptors (Lipinski definition) is 2. The van der Waals surface area contributed by atoms with Crippen molar-refractivity contribution in [3.8, 4) is 11.1 Å². The number of halogens is 1. The second-order valence-electron chi connectivity index (χ2n) is 5.15. The van der Waals surface area contributed by atoms with Crippen LogP contribution < -0.4 is 5.32 Å². The summed E-state index contributed by atoms with van der Waals surface area (Å²) in [7, 11) is 0. The van der Waals surface area contributed by atoms with Crippen molar-refractivity contribution in [2.75, 3.05) is 11.9 Å². The highest BCUT2D eigenvalue weighted by Gasteiger charge is 2.04. The fraction of sp³-hybridized carbons (Fsp3) is 0.167. The van der Waals surface area contributed by atoms with E-state index in [1.165, 1.54) is 12.1 Å². The maximum Gasteiger partial charge on any atom is 0.123 e. The van der Waals surface area contributed by atoms with Gasteiger partial charge in [0.1, 0.15) is 11.6 Å². The van der Waals surface area contributed by atoms with E-state index in [2.05, 4.69) is 14.9 Å². The zero-order valence-electron chi connectivity index (χ0n) is 12.5. The molecule has 4 heteroatoms. The molecule has 2 aromatic carbocycles. The highest BCUT2D eigenvalue weighted by Crippen LogP contribution is 2.27. The predicted octanol–water partition coefficient (Wildman–Crippen LogP) is 4.11. The van der Waals surface area contributed by atoms with Crippen LogP contribution in [0.3, 0.4) is 0 Å². The van der Waals surface area contributed by atoms with Crippen molar-refractivity contribution < 1.29 is 4.39 Å². The van der Waals surface area contributed by atoms with Crippen LogP contribution in [0.1, 0.15) is 5.82 Å². The Kier molecular flexibility index (Phi) is 4.19. The molecule has 112 valence electrons. The largest absolute Gasteiger partial charge is 0.383 e. The number of nitrogens with one attached hydrogen (secondary N) is 1. The van der Waals surface area contributed by atoms with Crippen LogP contribution in [0.2, 0.25) is 0 Å². The lowest BCUT2D eigenvalue weighted by Crippen LogP contribution is -2.11. The third kappa shape index (κ3) is 3.17. The number of rotatable bonds is 5. The molecular weight excluding hydrogens is 277 g/mol. The first-order chi connectivity index (χ1) is 10.7. The second-order valence-corrected chi connectivity index (χ2v) is 5.15. The lowest BCUT2D eigenvalue weighted by Gasteiger charge is -2.13. The molecular formula is C18H18FN3. The molecule has 0 fully saturated rings. The van der Waals surface area contributed by atoms with Gasteiger partial charge in [-0.05, 0) is 30.7 Å². The Balaban J connectivity index is 1.74. The Morgan fingerprint density at radius 1 is 1.09 bits per heavy atom. The van der Waals surface area contributed by atoms with E-state index < -0.39 is 0 Å². The van der Waals surface area contributed by atoms with Crippen LogP contribution in [0.25, 0.3) is 11.1 Å². The SMILES string of the molecule is Cc1nccn1CCNc1ccccc1-c1ccc(F)cc1. The smallest absolute Gasteiger partial charge is 0.123 e. The van der Waals surface area contributed by atoms with E-state index in [-0.39, 0.29) is 5.82 Å². The van der Waals surface area contributed by atoms with Gasteiger partial charge in [0.15, 0.2) is 0 Å². The van der Waals surface area contributed by atoms with Gasteiger partial charge in [0.2, 0.25) is 0 Å². The Bertz CT molecular complexity index is 747. The van der Waals surface area contributed by atoms with Crippen LogP contribution in [-0.2, 0) is 6.54 Å². The molecule has 0 aliphatic carbocycles. The van der Waals surface area contributed by atoms with Crippen LogP contribution in [0.15, 0.2) is 60.9 Å². The van der Waals surface area contributed by atoms with Crippen LogP contribution in [-0.4, -0.2) is 16.1 Å². The molecule has 3 nitrogen and oxygen atoms in total. The van der Waals surface area contributed by atoms with E-state index in [9.17, 15) is 4.39 Å². The lowest BCUT2D eigenvalue weighted by atomic mass is 10.0. The first-order valence-electron chi connectivity index (χ1n) is 7.30. The summed E-state index contributed by atoms with van der Waals surface area (Å²) >= 11 is 0. The Hall–Kier alpha value is -2.62. The molecule has 1 aromatic heterocycles. The molecule has 0 saturated heterocycles. The third-order valence-electron chi connectivity index (χ3n) is 3.67. The average Bonchev–Trinajstić information content (AvgIpc) is 2.94. The molecule has 0 spiro atoms. The van der Waals surface area contributed by atoms with Crippen LogP contribution >= 0.6 is 0 Å². The molecule has 3 aromatic rings. The first-order valence-corrected chi connectivity index (χ1v) is 7.30. The number of para-hydroxylation sites is 1. The van der Waals surface area contributed by atoms with Crippen molar-refractivity contribution in [3.63, 3.8) is 0 Å². The number of benzene rings is 2. The number of aromatic nitrogens is 2. The molecule has 1 heterocycles. The minimum absolute atomic E-state index is 0.218. The number of imidazole rings is 1. The number of nitrogens with zero attached hydrogens (tertiary/aromatic N) is 2. The van der Waals surface area contributed by atoms with Gasteiger partial charge in [0.05, 0.1) is 0 Å². The van der Waals surface area contributed by atoms with Crippen molar-refractivity contribution in [2.24, 2.45) is 0 Å². The summed E-state index contributed by atoms with van der Waals surface area (Å²) in [4.78, 5) is 4.22. The fourth-order valence-electron chi connectivity index (χ4n) is 2.47. The van der Waals surface area contributed by atoms with Crippen molar-refractivity contribution in [3.05, 3.63) is 72.6 Å². The molecule has 0 aliphatic rings. The van der Waals surface area contributed by atoms with Crippen molar-refractivity contribution in [1.82, 2.24) is 9.55 Å². The summed E-state index contributed by atoms with van der Waals surface area (Å²) in [6.07, 6.45) is 3.78. The van der Waals surface area contributed by atoms with E-state index in [0.29, 0.717) is 0 Å². The number of anilines is 1. The van der Waals surface area contributed by atoms with Gasteiger partial charge >= 0.3 is 0 Å². The zero-order chi connectivity index (χ0) is 15.4. The normalized spacial score (nSPS) is 10.6. The minimum Gasteiger partial charge on any atom is -0.383 e. The predicted molar refractivity (Wildman–Crippen MR) is 87.3 cm³/mol. The van der Waals surface area contributed by atoms with Gasteiger partial charge in [-0.15, -0.1) is 0 Å². The molecule has 3 rings (SSSR count). The van der Waals surface area contributed by atoms with Crippen LogP contribution in [0, 0.1) is 12.7 Å². The lowest BCUT2D eigenvalue weighted by molar-refractivity contribution is 0.628. The zero-order valence-corrected chi connectivity index (χ0v) is 12.5. The van der Waals surface area contributed by atoms with Gasteiger partial charge in [-0.25, -0.2) is 9.37 Å².